The summed E-state index contributed by atoms with van der Waals surface area (Å²) in [6.45, 7) is 0. The third-order valence-corrected chi connectivity index (χ3v) is 5.36. The third kappa shape index (κ3) is 2.19. The van der Waals surface area contributed by atoms with Crippen molar-refractivity contribution in [1.82, 2.24) is 0 Å². The molecule has 4 heteroatoms. The van der Waals surface area contributed by atoms with E-state index in [4.69, 9.17) is 4.42 Å². The van der Waals surface area contributed by atoms with Crippen LogP contribution in [0.5, 0.6) is 0 Å². The summed E-state index contributed by atoms with van der Waals surface area (Å²) in [5.74, 6) is 0.0186. The van der Waals surface area contributed by atoms with Crippen LogP contribution in [0.4, 0.5) is 4.39 Å². The molecular weight excluding hydrogens is 287 g/mol. The summed E-state index contributed by atoms with van der Waals surface area (Å²) in [4.78, 5) is 2.26. The van der Waals surface area contributed by atoms with E-state index in [1.165, 1.54) is 29.3 Å². The Hall–Kier alpha value is -1.65. The fourth-order valence-corrected chi connectivity index (χ4v) is 4.22. The van der Waals surface area contributed by atoms with Crippen molar-refractivity contribution in [2.45, 2.75) is 31.8 Å². The van der Waals surface area contributed by atoms with Gasteiger partial charge in [-0.15, -0.1) is 11.3 Å². The first-order valence-electron chi connectivity index (χ1n) is 7.20. The molecule has 0 saturated carbocycles. The normalized spacial score (nSPS) is 16.1. The molecule has 0 aliphatic heterocycles. The quantitative estimate of drug-likeness (QED) is 0.751. The minimum atomic E-state index is -0.813. The standard InChI is InChI=1S/C17H15FO2S/c18-12-6-3-5-11-8-13(20-17(11)12)16(19)15-9-10-4-1-2-7-14(10)21-15/h3,5-6,8-9,16,19H,1-2,4,7H2. The average Bonchev–Trinajstić information content (AvgIpc) is 3.11. The van der Waals surface area contributed by atoms with Gasteiger partial charge in [0.2, 0.25) is 0 Å². The van der Waals surface area contributed by atoms with Crippen LogP contribution in [-0.4, -0.2) is 5.11 Å². The SMILES string of the molecule is OC(c1cc2cccc(F)c2o1)c1cc2c(s1)CCCC2. The van der Waals surface area contributed by atoms with Gasteiger partial charge in [0.1, 0.15) is 11.9 Å². The van der Waals surface area contributed by atoms with Crippen molar-refractivity contribution < 1.29 is 13.9 Å². The van der Waals surface area contributed by atoms with Crippen molar-refractivity contribution in [1.29, 1.82) is 0 Å². The van der Waals surface area contributed by atoms with E-state index in [1.807, 2.05) is 0 Å². The van der Waals surface area contributed by atoms with E-state index in [2.05, 4.69) is 6.07 Å². The molecule has 3 aromatic rings. The monoisotopic (exact) mass is 302 g/mol. The fourth-order valence-electron chi connectivity index (χ4n) is 2.97. The van der Waals surface area contributed by atoms with Crippen LogP contribution in [0.2, 0.25) is 0 Å². The van der Waals surface area contributed by atoms with E-state index in [1.54, 1.807) is 29.5 Å². The van der Waals surface area contributed by atoms with Gasteiger partial charge in [0, 0.05) is 15.1 Å². The highest BCUT2D eigenvalue weighted by Gasteiger charge is 2.22. The molecule has 1 unspecified atom stereocenters. The lowest BCUT2D eigenvalue weighted by molar-refractivity contribution is 0.195. The first-order chi connectivity index (χ1) is 10.2. The number of aryl methyl sites for hydroxylation is 2. The maximum Gasteiger partial charge on any atom is 0.170 e. The summed E-state index contributed by atoms with van der Waals surface area (Å²) in [6, 6.07) is 8.60. The summed E-state index contributed by atoms with van der Waals surface area (Å²) in [5.41, 5.74) is 1.57. The zero-order valence-electron chi connectivity index (χ0n) is 11.4. The number of halogens is 1. The topological polar surface area (TPSA) is 33.4 Å². The van der Waals surface area contributed by atoms with Crippen LogP contribution >= 0.6 is 11.3 Å². The Kier molecular flexibility index (Phi) is 3.08. The van der Waals surface area contributed by atoms with Crippen LogP contribution < -0.4 is 0 Å². The number of fused-ring (bicyclic) bond motifs is 2. The number of rotatable bonds is 2. The molecule has 1 atom stereocenters. The van der Waals surface area contributed by atoms with Crippen LogP contribution in [0, 0.1) is 5.82 Å². The van der Waals surface area contributed by atoms with Gasteiger partial charge in [0.15, 0.2) is 11.4 Å². The fraction of sp³-hybridized carbons (Fsp3) is 0.294. The molecule has 2 heterocycles. The highest BCUT2D eigenvalue weighted by atomic mass is 32.1. The number of benzene rings is 1. The van der Waals surface area contributed by atoms with Crippen molar-refractivity contribution in [2.75, 3.05) is 0 Å². The molecule has 1 aliphatic carbocycles. The Morgan fingerprint density at radius 1 is 1.19 bits per heavy atom. The molecule has 4 rings (SSSR count). The summed E-state index contributed by atoms with van der Waals surface area (Å²) in [5, 5.41) is 11.2. The van der Waals surface area contributed by atoms with Gasteiger partial charge < -0.3 is 9.52 Å². The molecule has 0 bridgehead atoms. The highest BCUT2D eigenvalue weighted by molar-refractivity contribution is 7.12. The van der Waals surface area contributed by atoms with Crippen molar-refractivity contribution in [3.05, 3.63) is 57.2 Å². The lowest BCUT2D eigenvalue weighted by atomic mass is 9.99. The minimum absolute atomic E-state index is 0.216. The molecule has 1 aromatic carbocycles. The zero-order valence-corrected chi connectivity index (χ0v) is 12.3. The van der Waals surface area contributed by atoms with Crippen LogP contribution in [-0.2, 0) is 12.8 Å². The molecule has 108 valence electrons. The zero-order chi connectivity index (χ0) is 14.4. The van der Waals surface area contributed by atoms with Crippen molar-refractivity contribution in [2.24, 2.45) is 0 Å². The first-order valence-corrected chi connectivity index (χ1v) is 8.01. The van der Waals surface area contributed by atoms with Gasteiger partial charge in [-0.05, 0) is 49.4 Å². The number of hydrogen-bond donors (Lipinski definition) is 1. The molecule has 2 aromatic heterocycles. The van der Waals surface area contributed by atoms with Gasteiger partial charge in [-0.3, -0.25) is 0 Å². The maximum absolute atomic E-state index is 13.7. The molecule has 21 heavy (non-hydrogen) atoms. The number of hydrogen-bond acceptors (Lipinski definition) is 3. The van der Waals surface area contributed by atoms with E-state index < -0.39 is 11.9 Å². The van der Waals surface area contributed by atoms with Crippen LogP contribution in [0.3, 0.4) is 0 Å². The number of aliphatic hydroxyl groups is 1. The number of furan rings is 1. The number of para-hydroxylation sites is 1. The molecule has 1 aliphatic rings. The second kappa shape index (κ2) is 4.97. The van der Waals surface area contributed by atoms with Crippen LogP contribution in [0.25, 0.3) is 11.0 Å². The molecule has 0 amide bonds. The highest BCUT2D eigenvalue weighted by Crippen LogP contribution is 2.37. The number of aliphatic hydroxyl groups excluding tert-OH is 1. The molecule has 0 spiro atoms. The van der Waals surface area contributed by atoms with Gasteiger partial charge in [-0.25, -0.2) is 4.39 Å². The Bertz CT molecular complexity index is 779. The van der Waals surface area contributed by atoms with E-state index in [0.29, 0.717) is 11.1 Å². The smallest absolute Gasteiger partial charge is 0.170 e. The summed E-state index contributed by atoms with van der Waals surface area (Å²) < 4.78 is 19.2. The van der Waals surface area contributed by atoms with Crippen LogP contribution in [0.15, 0.2) is 34.7 Å². The Morgan fingerprint density at radius 2 is 2.05 bits per heavy atom. The second-order valence-electron chi connectivity index (χ2n) is 5.51. The molecule has 0 saturated heterocycles. The van der Waals surface area contributed by atoms with Gasteiger partial charge in [-0.1, -0.05) is 12.1 Å². The summed E-state index contributed by atoms with van der Waals surface area (Å²) in [6.07, 6.45) is 3.82. The lowest BCUT2D eigenvalue weighted by Gasteiger charge is -2.08. The average molecular weight is 302 g/mol. The third-order valence-electron chi connectivity index (χ3n) is 4.07. The lowest BCUT2D eigenvalue weighted by Crippen LogP contribution is -1.97. The molecule has 0 fully saturated rings. The minimum Gasteiger partial charge on any atom is -0.455 e. The second-order valence-corrected chi connectivity index (χ2v) is 6.68. The Morgan fingerprint density at radius 3 is 2.86 bits per heavy atom. The summed E-state index contributed by atoms with van der Waals surface area (Å²) in [7, 11) is 0. The van der Waals surface area contributed by atoms with E-state index >= 15 is 0 Å². The maximum atomic E-state index is 13.7. The molecular formula is C17H15FO2S. The first kappa shape index (κ1) is 13.0. The Balaban J connectivity index is 1.73. The van der Waals surface area contributed by atoms with Crippen molar-refractivity contribution in [3.8, 4) is 0 Å². The Labute approximate surface area is 125 Å². The van der Waals surface area contributed by atoms with Crippen LogP contribution in [0.1, 0.15) is 40.0 Å². The van der Waals surface area contributed by atoms with Gasteiger partial charge in [0.25, 0.3) is 0 Å². The van der Waals surface area contributed by atoms with Gasteiger partial charge in [-0.2, -0.15) is 0 Å². The molecule has 1 N–H and O–H groups in total. The van der Waals surface area contributed by atoms with Gasteiger partial charge in [0.05, 0.1) is 0 Å². The number of thiophene rings is 1. The summed E-state index contributed by atoms with van der Waals surface area (Å²) >= 11 is 1.65. The molecule has 2 nitrogen and oxygen atoms in total. The molecule has 0 radical (unpaired) electrons. The largest absolute Gasteiger partial charge is 0.455 e. The predicted octanol–water partition coefficient (Wildman–Crippen LogP) is 4.59. The van der Waals surface area contributed by atoms with E-state index in [-0.39, 0.29) is 5.58 Å². The van der Waals surface area contributed by atoms with Crippen molar-refractivity contribution >= 4 is 22.3 Å². The van der Waals surface area contributed by atoms with Gasteiger partial charge >= 0.3 is 0 Å². The predicted molar refractivity (Wildman–Crippen MR) is 81.2 cm³/mol. The van der Waals surface area contributed by atoms with E-state index in [0.717, 1.165) is 17.7 Å². The van der Waals surface area contributed by atoms with E-state index in [9.17, 15) is 9.50 Å². The van der Waals surface area contributed by atoms with Crippen molar-refractivity contribution in [3.63, 3.8) is 0 Å².